The highest BCUT2D eigenvalue weighted by molar-refractivity contribution is 5.92. The van der Waals surface area contributed by atoms with Crippen LogP contribution in [0.3, 0.4) is 0 Å². The molecule has 0 fully saturated rings. The zero-order valence-electron chi connectivity index (χ0n) is 11.2. The van der Waals surface area contributed by atoms with Crippen LogP contribution in [0.4, 0.5) is 5.69 Å². The van der Waals surface area contributed by atoms with Gasteiger partial charge in [-0.3, -0.25) is 9.89 Å². The van der Waals surface area contributed by atoms with Crippen molar-refractivity contribution in [3.63, 3.8) is 0 Å². The summed E-state index contributed by atoms with van der Waals surface area (Å²) in [4.78, 5) is 11.8. The summed E-state index contributed by atoms with van der Waals surface area (Å²) in [6.45, 7) is 9.81. The maximum absolute atomic E-state index is 11.8. The number of aromatic nitrogens is 2. The van der Waals surface area contributed by atoms with Gasteiger partial charge in [-0.25, -0.2) is 0 Å². The molecule has 5 heteroatoms. The number of H-pyrrole nitrogens is 1. The summed E-state index contributed by atoms with van der Waals surface area (Å²) in [6.07, 6.45) is 0.313. The number of carbonyl (C=O) groups excluding carboxylic acids is 1. The number of hydrogen-bond acceptors (Lipinski definition) is 3. The van der Waals surface area contributed by atoms with Gasteiger partial charge in [-0.1, -0.05) is 20.8 Å². The molecule has 0 spiro atoms. The minimum Gasteiger partial charge on any atom is -0.327 e. The molecule has 0 aliphatic carbocycles. The molecule has 5 nitrogen and oxygen atoms in total. The van der Waals surface area contributed by atoms with Crippen LogP contribution in [0.1, 0.15) is 38.6 Å². The van der Waals surface area contributed by atoms with Crippen LogP contribution in [0.25, 0.3) is 0 Å². The lowest BCUT2D eigenvalue weighted by Gasteiger charge is -2.26. The Hall–Kier alpha value is -1.36. The van der Waals surface area contributed by atoms with E-state index < -0.39 is 0 Å². The number of nitrogens with one attached hydrogen (secondary N) is 2. The Kier molecular flexibility index (Phi) is 3.93. The molecule has 0 radical (unpaired) electrons. The zero-order valence-corrected chi connectivity index (χ0v) is 11.2. The van der Waals surface area contributed by atoms with Crippen LogP contribution in [0.15, 0.2) is 0 Å². The summed E-state index contributed by atoms with van der Waals surface area (Å²) in [6, 6.07) is -0.157. The van der Waals surface area contributed by atoms with Crippen LogP contribution in [0.2, 0.25) is 0 Å². The van der Waals surface area contributed by atoms with Crippen molar-refractivity contribution in [1.82, 2.24) is 10.2 Å². The van der Waals surface area contributed by atoms with Gasteiger partial charge >= 0.3 is 0 Å². The monoisotopic (exact) mass is 238 g/mol. The summed E-state index contributed by atoms with van der Waals surface area (Å²) >= 11 is 0. The van der Waals surface area contributed by atoms with Crippen molar-refractivity contribution in [2.24, 2.45) is 11.1 Å². The van der Waals surface area contributed by atoms with Crippen LogP contribution in [0.5, 0.6) is 0 Å². The molecule has 0 saturated heterocycles. The van der Waals surface area contributed by atoms with Crippen molar-refractivity contribution in [1.29, 1.82) is 0 Å². The van der Waals surface area contributed by atoms with Crippen molar-refractivity contribution >= 4 is 11.6 Å². The van der Waals surface area contributed by atoms with Gasteiger partial charge in [0.25, 0.3) is 0 Å². The smallest absolute Gasteiger partial charge is 0.226 e. The predicted octanol–water partition coefficient (Wildman–Crippen LogP) is 1.73. The fraction of sp³-hybridized carbons (Fsp3) is 0.667. The van der Waals surface area contributed by atoms with Crippen LogP contribution in [-0.2, 0) is 4.79 Å². The van der Waals surface area contributed by atoms with E-state index in [1.807, 2.05) is 34.6 Å². The van der Waals surface area contributed by atoms with Crippen molar-refractivity contribution in [3.05, 3.63) is 11.4 Å². The first-order valence-electron chi connectivity index (χ1n) is 5.79. The Balaban J connectivity index is 2.63. The molecule has 1 unspecified atom stereocenters. The second kappa shape index (κ2) is 4.87. The third-order valence-electron chi connectivity index (χ3n) is 2.91. The molecule has 0 saturated carbocycles. The summed E-state index contributed by atoms with van der Waals surface area (Å²) in [7, 11) is 0. The second-order valence-corrected chi connectivity index (χ2v) is 5.53. The Bertz CT molecular complexity index is 384. The molecule has 0 bridgehead atoms. The van der Waals surface area contributed by atoms with Crippen molar-refractivity contribution < 1.29 is 4.79 Å². The van der Waals surface area contributed by atoms with Crippen molar-refractivity contribution in [2.75, 3.05) is 5.32 Å². The van der Waals surface area contributed by atoms with E-state index in [1.54, 1.807) is 0 Å². The summed E-state index contributed by atoms with van der Waals surface area (Å²) in [5, 5.41) is 9.70. The van der Waals surface area contributed by atoms with E-state index in [4.69, 9.17) is 5.73 Å². The van der Waals surface area contributed by atoms with E-state index in [9.17, 15) is 4.79 Å². The van der Waals surface area contributed by atoms with Gasteiger partial charge in [0, 0.05) is 12.5 Å². The fourth-order valence-corrected chi connectivity index (χ4v) is 1.43. The quantitative estimate of drug-likeness (QED) is 0.749. The van der Waals surface area contributed by atoms with Gasteiger partial charge in [0.2, 0.25) is 5.91 Å². The molecule has 1 amide bonds. The number of anilines is 1. The summed E-state index contributed by atoms with van der Waals surface area (Å²) in [5.41, 5.74) is 8.31. The molecule has 0 aliphatic rings. The van der Waals surface area contributed by atoms with E-state index in [0.717, 1.165) is 17.1 Å². The van der Waals surface area contributed by atoms with Gasteiger partial charge in [-0.15, -0.1) is 0 Å². The van der Waals surface area contributed by atoms with Gasteiger partial charge in [-0.2, -0.15) is 5.10 Å². The topological polar surface area (TPSA) is 83.8 Å². The maximum atomic E-state index is 11.8. The number of amides is 1. The van der Waals surface area contributed by atoms with E-state index in [2.05, 4.69) is 15.5 Å². The van der Waals surface area contributed by atoms with Crippen LogP contribution < -0.4 is 11.1 Å². The van der Waals surface area contributed by atoms with Crippen LogP contribution in [-0.4, -0.2) is 22.1 Å². The molecular formula is C12H22N4O. The van der Waals surface area contributed by atoms with Crippen LogP contribution >= 0.6 is 0 Å². The van der Waals surface area contributed by atoms with Crippen molar-refractivity contribution in [3.8, 4) is 0 Å². The van der Waals surface area contributed by atoms with E-state index in [1.165, 1.54) is 0 Å². The lowest BCUT2D eigenvalue weighted by atomic mass is 9.85. The van der Waals surface area contributed by atoms with Crippen molar-refractivity contribution in [2.45, 2.75) is 47.1 Å². The van der Waals surface area contributed by atoms with Gasteiger partial charge in [0.1, 0.15) is 0 Å². The van der Waals surface area contributed by atoms with E-state index in [-0.39, 0.29) is 17.4 Å². The lowest BCUT2D eigenvalue weighted by Crippen LogP contribution is -2.38. The first-order valence-corrected chi connectivity index (χ1v) is 5.79. The van der Waals surface area contributed by atoms with Crippen LogP contribution in [0, 0.1) is 19.3 Å². The molecule has 4 N–H and O–H groups in total. The maximum Gasteiger partial charge on any atom is 0.226 e. The number of nitrogens with two attached hydrogens (primary N) is 1. The average Bonchev–Trinajstić information content (AvgIpc) is 2.48. The molecule has 17 heavy (non-hydrogen) atoms. The molecule has 1 rings (SSSR count). The number of carbonyl (C=O) groups is 1. The van der Waals surface area contributed by atoms with E-state index in [0.29, 0.717) is 6.42 Å². The number of nitrogens with zero attached hydrogens (tertiary/aromatic N) is 1. The second-order valence-electron chi connectivity index (χ2n) is 5.53. The highest BCUT2D eigenvalue weighted by atomic mass is 16.1. The standard InChI is InChI=1S/C12H22N4O/c1-7-11(8(2)16-15-7)14-10(17)6-9(13)12(3,4)5/h9H,6,13H2,1-5H3,(H,14,17)(H,15,16). The van der Waals surface area contributed by atoms with Gasteiger partial charge in [-0.05, 0) is 19.3 Å². The largest absolute Gasteiger partial charge is 0.327 e. The Labute approximate surface area is 102 Å². The third-order valence-corrected chi connectivity index (χ3v) is 2.91. The summed E-state index contributed by atoms with van der Waals surface area (Å²) in [5.74, 6) is -0.0694. The van der Waals surface area contributed by atoms with Gasteiger partial charge < -0.3 is 11.1 Å². The number of hydrogen-bond donors (Lipinski definition) is 3. The zero-order chi connectivity index (χ0) is 13.2. The average molecular weight is 238 g/mol. The summed E-state index contributed by atoms with van der Waals surface area (Å²) < 4.78 is 0. The molecule has 1 aromatic heterocycles. The Morgan fingerprint density at radius 1 is 1.47 bits per heavy atom. The molecule has 1 aromatic rings. The molecule has 96 valence electrons. The Morgan fingerprint density at radius 2 is 2.06 bits per heavy atom. The first-order chi connectivity index (χ1) is 7.71. The minimum absolute atomic E-state index is 0.0694. The predicted molar refractivity (Wildman–Crippen MR) is 68.7 cm³/mol. The Morgan fingerprint density at radius 3 is 2.47 bits per heavy atom. The molecule has 1 atom stereocenters. The SMILES string of the molecule is Cc1n[nH]c(C)c1NC(=O)CC(N)C(C)(C)C. The first kappa shape index (κ1) is 13.7. The minimum atomic E-state index is -0.157. The molecule has 0 aliphatic heterocycles. The molecule has 1 heterocycles. The fourth-order valence-electron chi connectivity index (χ4n) is 1.43. The lowest BCUT2D eigenvalue weighted by molar-refractivity contribution is -0.117. The highest BCUT2D eigenvalue weighted by Gasteiger charge is 2.23. The highest BCUT2D eigenvalue weighted by Crippen LogP contribution is 2.21. The number of rotatable bonds is 3. The van der Waals surface area contributed by atoms with Gasteiger partial charge in [0.15, 0.2) is 0 Å². The normalized spacial score (nSPS) is 13.5. The molecular weight excluding hydrogens is 216 g/mol. The number of aromatic amines is 1. The van der Waals surface area contributed by atoms with E-state index >= 15 is 0 Å². The number of aryl methyl sites for hydroxylation is 2. The third kappa shape index (κ3) is 3.56. The molecule has 0 aromatic carbocycles. The van der Waals surface area contributed by atoms with Gasteiger partial charge in [0.05, 0.1) is 17.1 Å².